The zero-order chi connectivity index (χ0) is 13.8. The fraction of sp³-hybridized carbons (Fsp3) is 0.533. The summed E-state index contributed by atoms with van der Waals surface area (Å²) in [6.07, 6.45) is 0. The minimum Gasteiger partial charge on any atom is -0.494 e. The van der Waals surface area contributed by atoms with E-state index in [4.69, 9.17) is 4.74 Å². The van der Waals surface area contributed by atoms with Gasteiger partial charge in [-0.15, -0.1) is 0 Å². The van der Waals surface area contributed by atoms with Gasteiger partial charge in [0, 0.05) is 11.6 Å². The number of carbonyl (C=O) groups is 1. The molecule has 0 bridgehead atoms. The third-order valence-corrected chi connectivity index (χ3v) is 3.07. The first kappa shape index (κ1) is 14.6. The summed E-state index contributed by atoms with van der Waals surface area (Å²) < 4.78 is 5.34. The highest BCUT2D eigenvalue weighted by atomic mass is 16.5. The molecule has 0 fully saturated rings. The molecule has 0 saturated heterocycles. The molecule has 3 nitrogen and oxygen atoms in total. The Hall–Kier alpha value is -1.51. The lowest BCUT2D eigenvalue weighted by Gasteiger charge is -2.28. The molecule has 0 aliphatic carbocycles. The molecule has 0 aromatic heterocycles. The Bertz CT molecular complexity index is 390. The summed E-state index contributed by atoms with van der Waals surface area (Å²) in [6.45, 7) is 10.9. The van der Waals surface area contributed by atoms with Crippen LogP contribution >= 0.6 is 0 Å². The zero-order valence-electron chi connectivity index (χ0n) is 11.9. The molecule has 1 atom stereocenters. The summed E-state index contributed by atoms with van der Waals surface area (Å²) in [7, 11) is 0. The maximum atomic E-state index is 12.0. The van der Waals surface area contributed by atoms with E-state index in [1.165, 1.54) is 0 Å². The average molecular weight is 249 g/mol. The van der Waals surface area contributed by atoms with E-state index in [0.29, 0.717) is 12.2 Å². The van der Waals surface area contributed by atoms with Gasteiger partial charge in [-0.05, 0) is 43.5 Å². The van der Waals surface area contributed by atoms with Gasteiger partial charge in [-0.2, -0.15) is 0 Å². The lowest BCUT2D eigenvalue weighted by molar-refractivity contribution is 0.0910. The van der Waals surface area contributed by atoms with Crippen molar-refractivity contribution in [2.75, 3.05) is 6.61 Å². The van der Waals surface area contributed by atoms with E-state index in [2.05, 4.69) is 26.1 Å². The third kappa shape index (κ3) is 4.06. The molecule has 100 valence electrons. The molecule has 0 aliphatic rings. The molecule has 0 heterocycles. The molecule has 1 aromatic rings. The van der Waals surface area contributed by atoms with Crippen LogP contribution in [0.25, 0.3) is 0 Å². The fourth-order valence-corrected chi connectivity index (χ4v) is 1.37. The van der Waals surface area contributed by atoms with E-state index in [1.807, 2.05) is 26.0 Å². The molecule has 1 rings (SSSR count). The van der Waals surface area contributed by atoms with E-state index >= 15 is 0 Å². The van der Waals surface area contributed by atoms with E-state index in [9.17, 15) is 4.79 Å². The van der Waals surface area contributed by atoms with Crippen molar-refractivity contribution in [3.63, 3.8) is 0 Å². The maximum absolute atomic E-state index is 12.0. The number of rotatable bonds is 4. The molecule has 0 radical (unpaired) electrons. The second-order valence-electron chi connectivity index (χ2n) is 5.52. The van der Waals surface area contributed by atoms with Gasteiger partial charge in [0.2, 0.25) is 0 Å². The molecule has 1 unspecified atom stereocenters. The van der Waals surface area contributed by atoms with Gasteiger partial charge in [0.25, 0.3) is 5.91 Å². The number of nitrogens with one attached hydrogen (secondary N) is 1. The molecular weight excluding hydrogens is 226 g/mol. The first-order chi connectivity index (χ1) is 8.34. The zero-order valence-corrected chi connectivity index (χ0v) is 11.9. The van der Waals surface area contributed by atoms with Crippen molar-refractivity contribution in [3.05, 3.63) is 29.8 Å². The lowest BCUT2D eigenvalue weighted by Crippen LogP contribution is -2.41. The molecular formula is C15H23NO2. The summed E-state index contributed by atoms with van der Waals surface area (Å²) >= 11 is 0. The second-order valence-corrected chi connectivity index (χ2v) is 5.52. The van der Waals surface area contributed by atoms with Crippen LogP contribution in [-0.2, 0) is 0 Å². The van der Waals surface area contributed by atoms with Crippen molar-refractivity contribution in [2.45, 2.75) is 40.7 Å². The predicted octanol–water partition coefficient (Wildman–Crippen LogP) is 3.25. The standard InChI is InChI=1S/C15H23NO2/c1-6-18-13-9-7-12(8-10-13)14(17)16-11(2)15(3,4)5/h7-11H,6H2,1-5H3,(H,16,17). The van der Waals surface area contributed by atoms with Gasteiger partial charge in [-0.3, -0.25) is 4.79 Å². The van der Waals surface area contributed by atoms with Crippen LogP contribution < -0.4 is 10.1 Å². The molecule has 3 heteroatoms. The highest BCUT2D eigenvalue weighted by Gasteiger charge is 2.22. The number of hydrogen-bond acceptors (Lipinski definition) is 2. The Balaban J connectivity index is 2.67. The highest BCUT2D eigenvalue weighted by Crippen LogP contribution is 2.19. The summed E-state index contributed by atoms with van der Waals surface area (Å²) in [5, 5.41) is 3.01. The Morgan fingerprint density at radius 1 is 1.28 bits per heavy atom. The van der Waals surface area contributed by atoms with Crippen molar-refractivity contribution >= 4 is 5.91 Å². The van der Waals surface area contributed by atoms with Gasteiger partial charge in [0.1, 0.15) is 5.75 Å². The van der Waals surface area contributed by atoms with Gasteiger partial charge in [-0.1, -0.05) is 20.8 Å². The molecule has 0 spiro atoms. The summed E-state index contributed by atoms with van der Waals surface area (Å²) in [5.74, 6) is 0.749. The lowest BCUT2D eigenvalue weighted by atomic mass is 9.88. The first-order valence-electron chi connectivity index (χ1n) is 6.38. The monoisotopic (exact) mass is 249 g/mol. The fourth-order valence-electron chi connectivity index (χ4n) is 1.37. The Morgan fingerprint density at radius 2 is 1.83 bits per heavy atom. The summed E-state index contributed by atoms with van der Waals surface area (Å²) in [6, 6.07) is 7.34. The Morgan fingerprint density at radius 3 is 2.28 bits per heavy atom. The van der Waals surface area contributed by atoms with Gasteiger partial charge < -0.3 is 10.1 Å². The molecule has 0 aliphatic heterocycles. The van der Waals surface area contributed by atoms with Crippen LogP contribution in [0.15, 0.2) is 24.3 Å². The quantitative estimate of drug-likeness (QED) is 0.889. The SMILES string of the molecule is CCOc1ccc(C(=O)NC(C)C(C)(C)C)cc1. The van der Waals surface area contributed by atoms with E-state index < -0.39 is 0 Å². The number of ether oxygens (including phenoxy) is 1. The van der Waals surface area contributed by atoms with E-state index in [-0.39, 0.29) is 17.4 Å². The summed E-state index contributed by atoms with van der Waals surface area (Å²) in [4.78, 5) is 12.0. The van der Waals surface area contributed by atoms with Gasteiger partial charge in [0.05, 0.1) is 6.61 Å². The smallest absolute Gasteiger partial charge is 0.251 e. The number of benzene rings is 1. The number of amides is 1. The van der Waals surface area contributed by atoms with Crippen LogP contribution in [0.3, 0.4) is 0 Å². The van der Waals surface area contributed by atoms with Crippen LogP contribution in [0, 0.1) is 5.41 Å². The van der Waals surface area contributed by atoms with Crippen LogP contribution in [0.2, 0.25) is 0 Å². The van der Waals surface area contributed by atoms with E-state index in [1.54, 1.807) is 12.1 Å². The molecule has 1 amide bonds. The van der Waals surface area contributed by atoms with Crippen LogP contribution in [0.4, 0.5) is 0 Å². The summed E-state index contributed by atoms with van der Waals surface area (Å²) in [5.41, 5.74) is 0.718. The van der Waals surface area contributed by atoms with Gasteiger partial charge >= 0.3 is 0 Å². The van der Waals surface area contributed by atoms with Crippen LogP contribution in [0.5, 0.6) is 5.75 Å². The second kappa shape index (κ2) is 5.89. The van der Waals surface area contributed by atoms with Crippen molar-refractivity contribution in [2.24, 2.45) is 5.41 Å². The normalized spacial score (nSPS) is 12.9. The average Bonchev–Trinajstić information content (AvgIpc) is 2.29. The van der Waals surface area contributed by atoms with Crippen LogP contribution in [-0.4, -0.2) is 18.6 Å². The highest BCUT2D eigenvalue weighted by molar-refractivity contribution is 5.94. The molecule has 18 heavy (non-hydrogen) atoms. The first-order valence-corrected chi connectivity index (χ1v) is 6.38. The molecule has 0 saturated carbocycles. The predicted molar refractivity (Wildman–Crippen MR) is 74.0 cm³/mol. The minimum atomic E-state index is -0.0412. The Kier molecular flexibility index (Phi) is 4.76. The van der Waals surface area contributed by atoms with Crippen molar-refractivity contribution in [3.8, 4) is 5.75 Å². The van der Waals surface area contributed by atoms with Crippen molar-refractivity contribution in [1.82, 2.24) is 5.32 Å². The number of hydrogen-bond donors (Lipinski definition) is 1. The molecule has 1 aromatic carbocycles. The minimum absolute atomic E-state index is 0.0412. The number of carbonyl (C=O) groups excluding carboxylic acids is 1. The molecule has 1 N–H and O–H groups in total. The van der Waals surface area contributed by atoms with Crippen LogP contribution in [0.1, 0.15) is 45.0 Å². The van der Waals surface area contributed by atoms with Gasteiger partial charge in [-0.25, -0.2) is 0 Å². The maximum Gasteiger partial charge on any atom is 0.251 e. The topological polar surface area (TPSA) is 38.3 Å². The van der Waals surface area contributed by atoms with E-state index in [0.717, 1.165) is 5.75 Å². The third-order valence-electron chi connectivity index (χ3n) is 3.07. The van der Waals surface area contributed by atoms with Gasteiger partial charge in [0.15, 0.2) is 0 Å². The largest absolute Gasteiger partial charge is 0.494 e. The Labute approximate surface area is 110 Å². The van der Waals surface area contributed by atoms with Crippen molar-refractivity contribution in [1.29, 1.82) is 0 Å². The van der Waals surface area contributed by atoms with Crippen molar-refractivity contribution < 1.29 is 9.53 Å².